The average molecular weight is 515 g/mol. The number of amides is 1. The maximum absolute atomic E-state index is 12.4. The zero-order valence-electron chi connectivity index (χ0n) is 12.4. The first-order valence-electron chi connectivity index (χ1n) is 6.81. The molecule has 0 radical (unpaired) electrons. The van der Waals surface area contributed by atoms with Gasteiger partial charge in [-0.05, 0) is 46.9 Å². The Morgan fingerprint density at radius 2 is 1.84 bits per heavy atom. The molecule has 0 saturated heterocycles. The van der Waals surface area contributed by atoms with Crippen molar-refractivity contribution in [3.05, 3.63) is 67.8 Å². The molecule has 132 valence electrons. The van der Waals surface area contributed by atoms with Gasteiger partial charge in [-0.1, -0.05) is 53.0 Å². The zero-order valence-corrected chi connectivity index (χ0v) is 16.8. The fraction of sp³-hybridized carbons (Fsp3) is 0.133. The van der Waals surface area contributed by atoms with Gasteiger partial charge in [-0.3, -0.25) is 14.9 Å². The highest BCUT2D eigenvalue weighted by molar-refractivity contribution is 14.1. The second-order valence-corrected chi connectivity index (χ2v) is 8.49. The van der Waals surface area contributed by atoms with Gasteiger partial charge in [-0.2, -0.15) is 0 Å². The lowest BCUT2D eigenvalue weighted by atomic mass is 10.2. The Balaban J connectivity index is 2.26. The minimum absolute atomic E-state index is 0.117. The number of hydrogen-bond donors (Lipinski definition) is 2. The lowest BCUT2D eigenvalue weighted by Crippen LogP contribution is -2.49. The van der Waals surface area contributed by atoms with Crippen LogP contribution in [0.1, 0.15) is 10.4 Å². The molecule has 2 aromatic rings. The van der Waals surface area contributed by atoms with Crippen LogP contribution in [0.2, 0.25) is 0 Å². The number of halogens is 4. The molecular weight excluding hydrogens is 503 g/mol. The van der Waals surface area contributed by atoms with E-state index in [-0.39, 0.29) is 11.4 Å². The Labute approximate surface area is 172 Å². The molecule has 0 spiro atoms. The Morgan fingerprint density at radius 3 is 2.44 bits per heavy atom. The molecule has 1 atom stereocenters. The second kappa shape index (κ2) is 8.39. The van der Waals surface area contributed by atoms with Crippen LogP contribution >= 0.6 is 57.4 Å². The summed E-state index contributed by atoms with van der Waals surface area (Å²) >= 11 is 19.8. The van der Waals surface area contributed by atoms with E-state index in [0.29, 0.717) is 5.56 Å². The van der Waals surface area contributed by atoms with Crippen LogP contribution in [0.4, 0.5) is 11.4 Å². The number of rotatable bonds is 5. The van der Waals surface area contributed by atoms with E-state index >= 15 is 0 Å². The molecule has 0 bridgehead atoms. The monoisotopic (exact) mass is 513 g/mol. The van der Waals surface area contributed by atoms with E-state index in [0.717, 1.165) is 3.57 Å². The topological polar surface area (TPSA) is 84.3 Å². The first-order chi connectivity index (χ1) is 11.7. The van der Waals surface area contributed by atoms with Gasteiger partial charge in [0.2, 0.25) is 3.79 Å². The molecule has 1 amide bonds. The minimum atomic E-state index is -1.94. The van der Waals surface area contributed by atoms with Crippen LogP contribution in [-0.2, 0) is 0 Å². The van der Waals surface area contributed by atoms with E-state index in [4.69, 9.17) is 34.8 Å². The summed E-state index contributed by atoms with van der Waals surface area (Å²) in [6, 6.07) is 12.7. The van der Waals surface area contributed by atoms with E-state index in [9.17, 15) is 14.9 Å². The molecule has 0 saturated carbocycles. The van der Waals surface area contributed by atoms with Crippen molar-refractivity contribution in [2.45, 2.75) is 9.96 Å². The molecule has 2 rings (SSSR count). The number of carbonyl (C=O) groups is 1. The minimum Gasteiger partial charge on any atom is -0.356 e. The van der Waals surface area contributed by atoms with Crippen LogP contribution in [0.5, 0.6) is 0 Å². The largest absolute Gasteiger partial charge is 0.356 e. The Kier molecular flexibility index (Phi) is 6.72. The van der Waals surface area contributed by atoms with Crippen molar-refractivity contribution in [3.63, 3.8) is 0 Å². The number of nitro groups is 1. The molecule has 0 aliphatic heterocycles. The highest BCUT2D eigenvalue weighted by Crippen LogP contribution is 2.33. The molecule has 25 heavy (non-hydrogen) atoms. The number of nitrogens with one attached hydrogen (secondary N) is 2. The molecule has 0 aliphatic rings. The van der Waals surface area contributed by atoms with Gasteiger partial charge in [0.05, 0.1) is 4.92 Å². The Hall–Kier alpha value is -1.29. The van der Waals surface area contributed by atoms with Crippen LogP contribution in [-0.4, -0.2) is 20.8 Å². The first kappa shape index (κ1) is 20.0. The van der Waals surface area contributed by atoms with Gasteiger partial charge in [0.15, 0.2) is 0 Å². The quantitative estimate of drug-likeness (QED) is 0.199. The van der Waals surface area contributed by atoms with Crippen molar-refractivity contribution in [2.24, 2.45) is 0 Å². The summed E-state index contributed by atoms with van der Waals surface area (Å²) in [6.07, 6.45) is -1.19. The number of benzene rings is 2. The van der Waals surface area contributed by atoms with Crippen molar-refractivity contribution < 1.29 is 9.72 Å². The smallest absolute Gasteiger partial charge is 0.292 e. The van der Waals surface area contributed by atoms with Crippen molar-refractivity contribution in [3.8, 4) is 0 Å². The predicted octanol–water partition coefficient (Wildman–Crippen LogP) is 4.74. The summed E-state index contributed by atoms with van der Waals surface area (Å²) in [7, 11) is 0. The summed E-state index contributed by atoms with van der Waals surface area (Å²) in [5, 5.41) is 16.4. The maximum Gasteiger partial charge on any atom is 0.292 e. The number of nitro benzene ring substituents is 1. The third-order valence-corrected chi connectivity index (χ3v) is 4.42. The van der Waals surface area contributed by atoms with Gasteiger partial charge >= 0.3 is 0 Å². The molecular formula is C15H11Cl3IN3O3. The van der Waals surface area contributed by atoms with Crippen LogP contribution in [0.3, 0.4) is 0 Å². The van der Waals surface area contributed by atoms with E-state index in [2.05, 4.69) is 33.2 Å². The summed E-state index contributed by atoms with van der Waals surface area (Å²) in [5.41, 5.74) is 0.285. The zero-order chi connectivity index (χ0) is 18.6. The van der Waals surface area contributed by atoms with Crippen LogP contribution in [0, 0.1) is 13.7 Å². The molecule has 0 fully saturated rings. The van der Waals surface area contributed by atoms with Crippen LogP contribution in [0.25, 0.3) is 0 Å². The molecule has 2 N–H and O–H groups in total. The molecule has 2 aromatic carbocycles. The van der Waals surface area contributed by atoms with E-state index in [1.165, 1.54) is 18.2 Å². The van der Waals surface area contributed by atoms with Crippen molar-refractivity contribution in [1.29, 1.82) is 0 Å². The van der Waals surface area contributed by atoms with Crippen LogP contribution < -0.4 is 10.6 Å². The van der Waals surface area contributed by atoms with Gasteiger partial charge in [-0.15, -0.1) is 0 Å². The molecule has 0 aromatic heterocycles. The highest BCUT2D eigenvalue weighted by Gasteiger charge is 2.35. The standard InChI is InChI=1S/C15H11Cl3IN3O3/c16-15(17,18)14(20-11-6-1-2-7-12(11)22(24)25)21-13(23)9-4-3-5-10(19)8-9/h1-8,14,20H,(H,21,23)/t14-/m1/s1. The Morgan fingerprint density at radius 1 is 1.16 bits per heavy atom. The number of nitrogens with zero attached hydrogens (tertiary/aromatic N) is 1. The highest BCUT2D eigenvalue weighted by atomic mass is 127. The normalized spacial score (nSPS) is 12.3. The molecule has 10 heteroatoms. The third-order valence-electron chi connectivity index (χ3n) is 3.09. The number of hydrogen-bond acceptors (Lipinski definition) is 4. The van der Waals surface area contributed by atoms with E-state index in [1.54, 1.807) is 24.3 Å². The average Bonchev–Trinajstić information content (AvgIpc) is 2.53. The van der Waals surface area contributed by atoms with Gasteiger partial charge < -0.3 is 10.6 Å². The van der Waals surface area contributed by atoms with Crippen molar-refractivity contribution >= 4 is 74.7 Å². The van der Waals surface area contributed by atoms with Crippen molar-refractivity contribution in [1.82, 2.24) is 5.32 Å². The predicted molar refractivity (Wildman–Crippen MR) is 107 cm³/mol. The fourth-order valence-electron chi connectivity index (χ4n) is 1.95. The summed E-state index contributed by atoms with van der Waals surface area (Å²) < 4.78 is -1.08. The summed E-state index contributed by atoms with van der Waals surface area (Å²) in [4.78, 5) is 22.9. The SMILES string of the molecule is O=C(N[C@@H](Nc1ccccc1[N+](=O)[O-])C(Cl)(Cl)Cl)c1cccc(I)c1. The van der Waals surface area contributed by atoms with Gasteiger partial charge in [-0.25, -0.2) is 0 Å². The molecule has 0 heterocycles. The second-order valence-electron chi connectivity index (χ2n) is 4.88. The summed E-state index contributed by atoms with van der Waals surface area (Å²) in [6.45, 7) is 0. The van der Waals surface area contributed by atoms with Gasteiger partial charge in [0.1, 0.15) is 11.9 Å². The van der Waals surface area contributed by atoms with Crippen molar-refractivity contribution in [2.75, 3.05) is 5.32 Å². The van der Waals surface area contributed by atoms with Crippen LogP contribution in [0.15, 0.2) is 48.5 Å². The Bertz CT molecular complexity index is 799. The number of para-hydroxylation sites is 2. The van der Waals surface area contributed by atoms with Gasteiger partial charge in [0, 0.05) is 15.2 Å². The fourth-order valence-corrected chi connectivity index (χ4v) is 2.82. The third kappa shape index (κ3) is 5.60. The lowest BCUT2D eigenvalue weighted by molar-refractivity contribution is -0.384. The molecule has 0 aliphatic carbocycles. The molecule has 0 unspecified atom stereocenters. The summed E-state index contributed by atoms with van der Waals surface area (Å²) in [5.74, 6) is -0.485. The first-order valence-corrected chi connectivity index (χ1v) is 9.03. The number of anilines is 1. The lowest BCUT2D eigenvalue weighted by Gasteiger charge is -2.27. The maximum atomic E-state index is 12.4. The van der Waals surface area contributed by atoms with Gasteiger partial charge in [0.25, 0.3) is 11.6 Å². The number of carbonyl (C=O) groups excluding carboxylic acids is 1. The molecule has 6 nitrogen and oxygen atoms in total. The van der Waals surface area contributed by atoms with E-state index < -0.39 is 20.8 Å². The number of alkyl halides is 3. The van der Waals surface area contributed by atoms with E-state index in [1.807, 2.05) is 6.07 Å².